The van der Waals surface area contributed by atoms with E-state index < -0.39 is 40.5 Å². The molecule has 20 nitrogen and oxygen atoms in total. The number of aromatic nitrogens is 4. The Morgan fingerprint density at radius 1 is 0.469 bits per heavy atom. The van der Waals surface area contributed by atoms with Gasteiger partial charge < -0.3 is 29.6 Å². The quantitative estimate of drug-likeness (QED) is 0.0454. The van der Waals surface area contributed by atoms with Gasteiger partial charge in [0.25, 0.3) is 40.5 Å². The van der Waals surface area contributed by atoms with Crippen LogP contribution in [0.1, 0.15) is 146 Å². The molecule has 3 N–H and O–H groups in total. The standard InChI is InChI=1S/C56H80N8O12S4.Mn/c1-77(65,66)73-33-9-29-61-25-5-13-41(37-61)53-45-17-19-47(57-45)54(42-14-6-26-62(38-42)30-10-34-74-78(2,67)68)49-21-23-51(59-49)56(44-16-8-28-64(40-44)32-12-36-76-80(4,71)72)52-24-22-50(60-52)55(48-20-18-46(53)58-48)43-15-7-27-63(39-43)31-11-35-75-79(3,69)70;/h17-24,41-44H,5-16,25-40H2,1-4H3;/q-2;+3/p+3. The predicted molar refractivity (Wildman–Crippen MR) is 309 cm³/mol. The number of hydrogen-bond acceptors (Lipinski definition) is 15. The van der Waals surface area contributed by atoms with Gasteiger partial charge in [-0.05, 0) is 117 Å². The number of hydrogen-bond donors (Lipinski definition) is 3. The van der Waals surface area contributed by atoms with Crippen molar-refractivity contribution < 1.29 is 82.2 Å². The first kappa shape index (κ1) is 63.6. The molecular weight excluding hydrogens is 1160 g/mol. The van der Waals surface area contributed by atoms with Gasteiger partial charge in [0.2, 0.25) is 0 Å². The largest absolute Gasteiger partial charge is 3.00 e. The summed E-state index contributed by atoms with van der Waals surface area (Å²) in [6.07, 6.45) is 23.0. The Bertz CT molecular complexity index is 2940. The number of nitrogens with one attached hydrogen (secondary N) is 3. The Balaban J connectivity index is 0.00000860. The molecule has 0 aromatic carbocycles. The van der Waals surface area contributed by atoms with Crippen LogP contribution in [0.25, 0.3) is 46.4 Å². The van der Waals surface area contributed by atoms with Gasteiger partial charge in [-0.15, -0.1) is 22.1 Å². The Hall–Kier alpha value is -3.40. The number of likely N-dealkylation sites (tertiary alicyclic amines) is 4. The average molecular weight is 1240 g/mol. The first-order valence-electron chi connectivity index (χ1n) is 28.8. The fourth-order valence-corrected chi connectivity index (χ4v) is 15.0. The van der Waals surface area contributed by atoms with Gasteiger partial charge in [0.05, 0.1) is 133 Å². The van der Waals surface area contributed by atoms with E-state index >= 15 is 0 Å². The van der Waals surface area contributed by atoms with Crippen LogP contribution in [0.5, 0.6) is 0 Å². The van der Waals surface area contributed by atoms with Crippen LogP contribution in [0.4, 0.5) is 0 Å². The summed E-state index contributed by atoms with van der Waals surface area (Å²) >= 11 is 0. The minimum atomic E-state index is -3.55. The molecule has 4 fully saturated rings. The second-order valence-corrected chi connectivity index (χ2v) is 29.6. The monoisotopic (exact) mass is 1240 g/mol. The van der Waals surface area contributed by atoms with Crippen molar-refractivity contribution in [2.45, 2.75) is 101 Å². The summed E-state index contributed by atoms with van der Waals surface area (Å²) < 4.78 is 115. The molecule has 6 aliphatic heterocycles. The Labute approximate surface area is 490 Å². The summed E-state index contributed by atoms with van der Waals surface area (Å²) in [4.78, 5) is 29.1. The SMILES string of the molecule is CS(=O)(=O)OCCCN1CCCC(c2c3nc(c(C4CCC[NH+](CCCOS(C)(=O)=O)C4)c4ccc([n-]4)c(C4CCC[NH+](CCCOS(C)(=O)=O)C4)c4nc(c(C5CCC[NH+](CCCOS(C)(=O)=O)C5)c5ccc2[n-]5)C=C4)C=C3)C1.[Mn+3]. The Morgan fingerprint density at radius 3 is 1.11 bits per heavy atom. The molecule has 0 aliphatic carbocycles. The zero-order valence-corrected chi connectivity index (χ0v) is 51.8. The maximum Gasteiger partial charge on any atom is 3.00 e. The van der Waals surface area contributed by atoms with Gasteiger partial charge in [0.1, 0.15) is 0 Å². The number of quaternary nitrogens is 3. The van der Waals surface area contributed by atoms with E-state index in [0.717, 1.165) is 215 Å². The molecule has 3 aromatic heterocycles. The van der Waals surface area contributed by atoms with E-state index in [2.05, 4.69) is 53.5 Å². The van der Waals surface area contributed by atoms with Crippen LogP contribution < -0.4 is 24.7 Å². The van der Waals surface area contributed by atoms with Crippen LogP contribution in [0.2, 0.25) is 0 Å². The molecular formula is C56H83MnN8O12S4+4. The van der Waals surface area contributed by atoms with Crippen LogP contribution in [-0.2, 0) is 74.3 Å². The molecule has 25 heteroatoms. The molecule has 6 aliphatic rings. The molecule has 3 aromatic rings. The molecule has 0 amide bonds. The van der Waals surface area contributed by atoms with Gasteiger partial charge in [-0.2, -0.15) is 33.7 Å². The normalized spacial score (nSPS) is 24.1. The molecule has 0 saturated carbocycles. The van der Waals surface area contributed by atoms with Gasteiger partial charge in [-0.1, -0.05) is 24.3 Å². The number of fused-ring (bicyclic) bond motifs is 8. The second-order valence-electron chi connectivity index (χ2n) is 23.1. The predicted octanol–water partition coefficient (Wildman–Crippen LogP) is 1.84. The Morgan fingerprint density at radius 2 is 0.778 bits per heavy atom. The van der Waals surface area contributed by atoms with E-state index in [1.165, 1.54) is 14.7 Å². The molecule has 7 atom stereocenters. The van der Waals surface area contributed by atoms with E-state index in [1.54, 1.807) is 0 Å². The van der Waals surface area contributed by atoms with E-state index in [-0.39, 0.29) is 67.2 Å². The summed E-state index contributed by atoms with van der Waals surface area (Å²) in [5.74, 6) is 0.369. The zero-order valence-electron chi connectivity index (χ0n) is 47.4. The van der Waals surface area contributed by atoms with Crippen molar-refractivity contribution in [3.05, 3.63) is 69.3 Å². The van der Waals surface area contributed by atoms with E-state index in [4.69, 9.17) is 36.7 Å². The third-order valence-corrected chi connectivity index (χ3v) is 19.0. The minimum absolute atomic E-state index is 0. The van der Waals surface area contributed by atoms with Crippen molar-refractivity contribution in [2.24, 2.45) is 0 Å². The molecule has 8 bridgehead atoms. The van der Waals surface area contributed by atoms with Crippen molar-refractivity contribution in [3.63, 3.8) is 0 Å². The molecule has 7 unspecified atom stereocenters. The van der Waals surface area contributed by atoms with Crippen LogP contribution in [0.3, 0.4) is 0 Å². The third kappa shape index (κ3) is 18.3. The van der Waals surface area contributed by atoms with Gasteiger partial charge >= 0.3 is 17.1 Å². The molecule has 81 heavy (non-hydrogen) atoms. The van der Waals surface area contributed by atoms with E-state index in [1.807, 2.05) is 0 Å². The molecule has 4 saturated heterocycles. The van der Waals surface area contributed by atoms with Gasteiger partial charge in [0, 0.05) is 50.1 Å². The molecule has 446 valence electrons. The maximum absolute atomic E-state index is 11.8. The van der Waals surface area contributed by atoms with Crippen LogP contribution in [0.15, 0.2) is 24.3 Å². The van der Waals surface area contributed by atoms with Crippen LogP contribution >= 0.6 is 0 Å². The molecule has 0 spiro atoms. The summed E-state index contributed by atoms with van der Waals surface area (Å²) in [6, 6.07) is 8.62. The summed E-state index contributed by atoms with van der Waals surface area (Å²) in [6.45, 7) is 10.5. The first-order chi connectivity index (χ1) is 38.1. The van der Waals surface area contributed by atoms with Crippen molar-refractivity contribution in [1.82, 2.24) is 24.8 Å². The zero-order chi connectivity index (χ0) is 56.7. The van der Waals surface area contributed by atoms with Crippen molar-refractivity contribution in [3.8, 4) is 0 Å². The fraction of sp³-hybridized carbons (Fsp3) is 0.643. The first-order valence-corrected chi connectivity index (χ1v) is 36.0. The molecule has 9 heterocycles. The Kier molecular flexibility index (Phi) is 22.1. The second kappa shape index (κ2) is 28.2. The topological polar surface area (TPSA) is 244 Å². The minimum Gasteiger partial charge on any atom is -0.657 e. The van der Waals surface area contributed by atoms with Crippen molar-refractivity contribution in [2.75, 3.05) is 130 Å². The van der Waals surface area contributed by atoms with Gasteiger partial charge in [-0.3, -0.25) is 16.7 Å². The number of piperidine rings is 4. The van der Waals surface area contributed by atoms with E-state index in [0.29, 0.717) is 32.2 Å². The average Bonchev–Trinajstić information content (AvgIpc) is 4.35. The summed E-state index contributed by atoms with van der Waals surface area (Å²) in [7, 11) is -14.2. The number of nitrogens with zero attached hydrogens (tertiary/aromatic N) is 5. The molecule has 0 radical (unpaired) electrons. The van der Waals surface area contributed by atoms with Crippen molar-refractivity contribution in [1.29, 1.82) is 0 Å². The fourth-order valence-electron chi connectivity index (χ4n) is 13.3. The van der Waals surface area contributed by atoms with Gasteiger partial charge in [0.15, 0.2) is 0 Å². The van der Waals surface area contributed by atoms with Crippen LogP contribution in [0, 0.1) is 0 Å². The summed E-state index contributed by atoms with van der Waals surface area (Å²) in [5.41, 5.74) is 11.3. The van der Waals surface area contributed by atoms with Crippen LogP contribution in [-0.4, -0.2) is 179 Å². The summed E-state index contributed by atoms with van der Waals surface area (Å²) in [5, 5.41) is 0. The smallest absolute Gasteiger partial charge is 0.657 e. The van der Waals surface area contributed by atoms with Gasteiger partial charge in [-0.25, -0.2) is 9.97 Å². The van der Waals surface area contributed by atoms with E-state index in [9.17, 15) is 33.7 Å². The third-order valence-electron chi connectivity index (χ3n) is 16.6. The number of rotatable bonds is 24. The van der Waals surface area contributed by atoms with Crippen molar-refractivity contribution >= 4 is 86.8 Å². The maximum atomic E-state index is 11.8. The molecule has 9 rings (SSSR count).